The first kappa shape index (κ1) is 11.5. The molecule has 18 heavy (non-hydrogen) atoms. The number of aromatic amines is 1. The van der Waals surface area contributed by atoms with Crippen molar-refractivity contribution < 1.29 is 4.79 Å². The number of carbonyl (C=O) groups excluding carboxylic acids is 1. The van der Waals surface area contributed by atoms with Crippen molar-refractivity contribution in [2.75, 3.05) is 13.1 Å². The third-order valence-corrected chi connectivity index (χ3v) is 4.16. The normalized spacial score (nSPS) is 15.9. The van der Waals surface area contributed by atoms with E-state index in [4.69, 9.17) is 0 Å². The Morgan fingerprint density at radius 1 is 1.39 bits per heavy atom. The minimum atomic E-state index is 0.156. The number of hydrogen-bond acceptors (Lipinski definition) is 3. The van der Waals surface area contributed by atoms with Crippen LogP contribution in [-0.4, -0.2) is 33.9 Å². The first-order valence-electron chi connectivity index (χ1n) is 6.18. The summed E-state index contributed by atoms with van der Waals surface area (Å²) in [5.74, 6) is 0.156. The maximum atomic E-state index is 12.3. The van der Waals surface area contributed by atoms with E-state index in [1.807, 2.05) is 22.4 Å². The molecule has 0 saturated heterocycles. The lowest BCUT2D eigenvalue weighted by atomic mass is 10.1. The lowest BCUT2D eigenvalue weighted by Crippen LogP contribution is -2.34. The Morgan fingerprint density at radius 3 is 3.17 bits per heavy atom. The van der Waals surface area contributed by atoms with Gasteiger partial charge in [0.05, 0.1) is 16.9 Å². The van der Waals surface area contributed by atoms with E-state index in [0.717, 1.165) is 42.9 Å². The second-order valence-electron chi connectivity index (χ2n) is 4.45. The quantitative estimate of drug-likeness (QED) is 0.854. The van der Waals surface area contributed by atoms with Crippen LogP contribution in [0.3, 0.4) is 0 Å². The van der Waals surface area contributed by atoms with Crippen LogP contribution in [0.1, 0.15) is 27.5 Å². The summed E-state index contributed by atoms with van der Waals surface area (Å²) >= 11 is 1.51. The highest BCUT2D eigenvalue weighted by Crippen LogP contribution is 2.16. The van der Waals surface area contributed by atoms with E-state index < -0.39 is 0 Å². The van der Waals surface area contributed by atoms with Gasteiger partial charge in [-0.1, -0.05) is 6.07 Å². The van der Waals surface area contributed by atoms with Crippen molar-refractivity contribution in [2.45, 2.75) is 19.3 Å². The Balaban J connectivity index is 1.74. The highest BCUT2D eigenvalue weighted by Gasteiger charge is 2.19. The van der Waals surface area contributed by atoms with Gasteiger partial charge in [-0.25, -0.2) is 4.98 Å². The molecule has 4 nitrogen and oxygen atoms in total. The lowest BCUT2D eigenvalue weighted by Gasteiger charge is -2.23. The number of carbonyl (C=O) groups is 1. The Morgan fingerprint density at radius 2 is 2.33 bits per heavy atom. The summed E-state index contributed by atoms with van der Waals surface area (Å²) in [6.07, 6.45) is 4.56. The van der Waals surface area contributed by atoms with Crippen LogP contribution in [-0.2, 0) is 12.8 Å². The van der Waals surface area contributed by atoms with Gasteiger partial charge < -0.3 is 9.88 Å². The zero-order valence-electron chi connectivity index (χ0n) is 10.1. The van der Waals surface area contributed by atoms with Gasteiger partial charge >= 0.3 is 0 Å². The molecule has 0 bridgehead atoms. The number of nitrogens with one attached hydrogen (secondary N) is 1. The van der Waals surface area contributed by atoms with Gasteiger partial charge in [0.25, 0.3) is 5.91 Å². The van der Waals surface area contributed by atoms with Gasteiger partial charge in [-0.15, -0.1) is 11.3 Å². The average Bonchev–Trinajstić information content (AvgIpc) is 2.99. The molecule has 5 heteroatoms. The number of imidazole rings is 1. The van der Waals surface area contributed by atoms with Crippen LogP contribution >= 0.6 is 11.3 Å². The van der Waals surface area contributed by atoms with E-state index in [-0.39, 0.29) is 5.91 Å². The first-order valence-corrected chi connectivity index (χ1v) is 7.06. The zero-order valence-corrected chi connectivity index (χ0v) is 10.9. The summed E-state index contributed by atoms with van der Waals surface area (Å²) in [4.78, 5) is 22.6. The molecule has 2 aromatic heterocycles. The average molecular weight is 261 g/mol. The molecule has 0 fully saturated rings. The standard InChI is InChI=1S/C13H15N3OS/c17-13(12-4-2-8-18-12)16-6-1-3-10-11(5-7-16)15-9-14-10/h2,4,8-9H,1,3,5-7H2,(H,14,15). The molecule has 0 aromatic carbocycles. The van der Waals surface area contributed by atoms with E-state index in [9.17, 15) is 4.79 Å². The van der Waals surface area contributed by atoms with Gasteiger partial charge in [0, 0.05) is 25.2 Å². The van der Waals surface area contributed by atoms with Gasteiger partial charge in [0.15, 0.2) is 0 Å². The Hall–Kier alpha value is -1.62. The summed E-state index contributed by atoms with van der Waals surface area (Å²) in [7, 11) is 0. The number of thiophene rings is 1. The molecule has 0 radical (unpaired) electrons. The molecule has 1 aliphatic heterocycles. The number of amides is 1. The fourth-order valence-electron chi connectivity index (χ4n) is 2.34. The van der Waals surface area contributed by atoms with Crippen molar-refractivity contribution in [1.82, 2.24) is 14.9 Å². The molecule has 1 amide bonds. The number of H-pyrrole nitrogens is 1. The van der Waals surface area contributed by atoms with Crippen molar-refractivity contribution >= 4 is 17.2 Å². The summed E-state index contributed by atoms with van der Waals surface area (Å²) in [5, 5.41) is 1.95. The van der Waals surface area contributed by atoms with Crippen LogP contribution in [0.4, 0.5) is 0 Å². The minimum absolute atomic E-state index is 0.156. The number of nitrogens with zero attached hydrogens (tertiary/aromatic N) is 2. The second-order valence-corrected chi connectivity index (χ2v) is 5.40. The van der Waals surface area contributed by atoms with Gasteiger partial charge in [-0.3, -0.25) is 4.79 Å². The van der Waals surface area contributed by atoms with Crippen molar-refractivity contribution in [2.24, 2.45) is 0 Å². The molecule has 0 unspecified atom stereocenters. The van der Waals surface area contributed by atoms with E-state index in [2.05, 4.69) is 9.97 Å². The molecular weight excluding hydrogens is 246 g/mol. The lowest BCUT2D eigenvalue weighted by molar-refractivity contribution is 0.0757. The molecule has 0 spiro atoms. The minimum Gasteiger partial charge on any atom is -0.348 e. The molecule has 0 atom stereocenters. The monoisotopic (exact) mass is 261 g/mol. The van der Waals surface area contributed by atoms with Crippen LogP contribution in [0, 0.1) is 0 Å². The zero-order chi connectivity index (χ0) is 12.4. The molecule has 0 saturated carbocycles. The fourth-order valence-corrected chi connectivity index (χ4v) is 3.03. The Bertz CT molecular complexity index is 532. The summed E-state index contributed by atoms with van der Waals surface area (Å²) in [6, 6.07) is 3.82. The van der Waals surface area contributed by atoms with Crippen LogP contribution in [0.5, 0.6) is 0 Å². The molecule has 3 heterocycles. The SMILES string of the molecule is O=C(c1cccs1)N1CCCc2[nH]cnc2CC1. The smallest absolute Gasteiger partial charge is 0.263 e. The maximum Gasteiger partial charge on any atom is 0.263 e. The van der Waals surface area contributed by atoms with Gasteiger partial charge in [-0.2, -0.15) is 0 Å². The molecule has 2 aromatic rings. The van der Waals surface area contributed by atoms with Crippen LogP contribution < -0.4 is 0 Å². The molecule has 1 N–H and O–H groups in total. The Kier molecular flexibility index (Phi) is 3.15. The predicted octanol–water partition coefficient (Wildman–Crippen LogP) is 2.10. The summed E-state index contributed by atoms with van der Waals surface area (Å²) < 4.78 is 0. The largest absolute Gasteiger partial charge is 0.348 e. The van der Waals surface area contributed by atoms with E-state index in [1.165, 1.54) is 17.0 Å². The topological polar surface area (TPSA) is 49.0 Å². The highest BCUT2D eigenvalue weighted by atomic mass is 32.1. The van der Waals surface area contributed by atoms with Crippen LogP contribution in [0.15, 0.2) is 23.8 Å². The highest BCUT2D eigenvalue weighted by molar-refractivity contribution is 7.12. The van der Waals surface area contributed by atoms with Crippen LogP contribution in [0.25, 0.3) is 0 Å². The summed E-state index contributed by atoms with van der Waals surface area (Å²) in [6.45, 7) is 1.59. The van der Waals surface area contributed by atoms with Gasteiger partial charge in [-0.05, 0) is 24.3 Å². The van der Waals surface area contributed by atoms with E-state index >= 15 is 0 Å². The van der Waals surface area contributed by atoms with E-state index in [0.29, 0.717) is 0 Å². The summed E-state index contributed by atoms with van der Waals surface area (Å²) in [5.41, 5.74) is 2.34. The number of aromatic nitrogens is 2. The van der Waals surface area contributed by atoms with E-state index in [1.54, 1.807) is 6.33 Å². The van der Waals surface area contributed by atoms with Crippen molar-refractivity contribution in [1.29, 1.82) is 0 Å². The number of aryl methyl sites for hydroxylation is 1. The molecular formula is C13H15N3OS. The number of fused-ring (bicyclic) bond motifs is 1. The Labute approximate surface area is 110 Å². The maximum absolute atomic E-state index is 12.3. The number of rotatable bonds is 1. The third kappa shape index (κ3) is 2.18. The molecule has 0 aliphatic carbocycles. The van der Waals surface area contributed by atoms with Crippen LogP contribution in [0.2, 0.25) is 0 Å². The molecule has 3 rings (SSSR count). The number of hydrogen-bond donors (Lipinski definition) is 1. The molecule has 1 aliphatic rings. The molecule has 94 valence electrons. The fraction of sp³-hybridized carbons (Fsp3) is 0.385. The predicted molar refractivity (Wildman–Crippen MR) is 70.8 cm³/mol. The van der Waals surface area contributed by atoms with Crippen molar-refractivity contribution in [3.8, 4) is 0 Å². The van der Waals surface area contributed by atoms with Gasteiger partial charge in [0.1, 0.15) is 0 Å². The first-order chi connectivity index (χ1) is 8.84. The van der Waals surface area contributed by atoms with Crippen molar-refractivity contribution in [3.63, 3.8) is 0 Å². The van der Waals surface area contributed by atoms with Gasteiger partial charge in [0.2, 0.25) is 0 Å². The third-order valence-electron chi connectivity index (χ3n) is 3.30. The second kappa shape index (κ2) is 4.94. The van der Waals surface area contributed by atoms with Crippen molar-refractivity contribution in [3.05, 3.63) is 40.1 Å².